The predicted molar refractivity (Wildman–Crippen MR) is 119 cm³/mol. The van der Waals surface area contributed by atoms with Gasteiger partial charge in [-0.3, -0.25) is 9.69 Å². The minimum absolute atomic E-state index is 0.112. The minimum atomic E-state index is 0.112. The van der Waals surface area contributed by atoms with Crippen LogP contribution in [0.2, 0.25) is 0 Å². The second kappa shape index (κ2) is 7.51. The number of fused-ring (bicyclic) bond motifs is 2. The van der Waals surface area contributed by atoms with Crippen LogP contribution in [0.3, 0.4) is 0 Å². The second-order valence-corrected chi connectivity index (χ2v) is 8.60. The van der Waals surface area contributed by atoms with E-state index in [9.17, 15) is 4.79 Å². The molecule has 6 heteroatoms. The minimum Gasteiger partial charge on any atom is -0.336 e. The van der Waals surface area contributed by atoms with E-state index < -0.39 is 0 Å². The molecular weight excluding hydrogens is 374 g/mol. The van der Waals surface area contributed by atoms with Crippen molar-refractivity contribution in [2.45, 2.75) is 46.2 Å². The molecule has 2 aliphatic rings. The lowest BCUT2D eigenvalue weighted by Crippen LogP contribution is -2.52. The third-order valence-corrected chi connectivity index (χ3v) is 6.63. The fourth-order valence-corrected chi connectivity index (χ4v) is 4.96. The number of rotatable bonds is 3. The molecular formula is C24H29N5O. The predicted octanol–water partition coefficient (Wildman–Crippen LogP) is 3.66. The molecule has 2 aliphatic heterocycles. The summed E-state index contributed by atoms with van der Waals surface area (Å²) in [5.41, 5.74) is 5.48. The Bertz CT molecular complexity index is 1100. The molecule has 3 aromatic rings. The number of piperazine rings is 1. The topological polar surface area (TPSA) is 54.3 Å². The number of carbonyl (C=O) groups is 1. The highest BCUT2D eigenvalue weighted by molar-refractivity contribution is 6.07. The van der Waals surface area contributed by atoms with Crippen LogP contribution in [0.4, 0.5) is 0 Å². The van der Waals surface area contributed by atoms with Gasteiger partial charge in [0.2, 0.25) is 0 Å². The molecule has 2 fully saturated rings. The van der Waals surface area contributed by atoms with Crippen molar-refractivity contribution in [1.29, 1.82) is 0 Å². The number of hydrogen-bond acceptors (Lipinski definition) is 4. The summed E-state index contributed by atoms with van der Waals surface area (Å²) >= 11 is 0. The summed E-state index contributed by atoms with van der Waals surface area (Å²) < 4.78 is 1.91. The number of benzene rings is 1. The molecule has 0 bridgehead atoms. The van der Waals surface area contributed by atoms with Gasteiger partial charge in [-0.05, 0) is 46.2 Å². The van der Waals surface area contributed by atoms with E-state index in [4.69, 9.17) is 4.98 Å². The van der Waals surface area contributed by atoms with E-state index in [1.165, 1.54) is 24.9 Å². The summed E-state index contributed by atoms with van der Waals surface area (Å²) in [6.45, 7) is 10.6. The monoisotopic (exact) mass is 403 g/mol. The Morgan fingerprint density at radius 1 is 1.13 bits per heavy atom. The molecule has 0 unspecified atom stereocenters. The lowest BCUT2D eigenvalue weighted by molar-refractivity contribution is 0.0573. The number of aromatic nitrogens is 3. The number of hydrogen-bond donors (Lipinski definition) is 0. The van der Waals surface area contributed by atoms with Crippen LogP contribution < -0.4 is 0 Å². The molecule has 0 N–H and O–H groups in total. The van der Waals surface area contributed by atoms with Crippen LogP contribution in [0.1, 0.15) is 41.4 Å². The number of amides is 1. The van der Waals surface area contributed by atoms with Gasteiger partial charge in [0.25, 0.3) is 5.91 Å². The average Bonchev–Trinajstić information content (AvgIpc) is 3.36. The molecule has 5 rings (SSSR count). The molecule has 0 aliphatic carbocycles. The number of nitrogens with zero attached hydrogens (tertiary/aromatic N) is 5. The first-order chi connectivity index (χ1) is 14.5. The van der Waals surface area contributed by atoms with Crippen LogP contribution >= 0.6 is 0 Å². The molecule has 6 nitrogen and oxygen atoms in total. The molecule has 30 heavy (non-hydrogen) atoms. The summed E-state index contributed by atoms with van der Waals surface area (Å²) in [6, 6.07) is 10.8. The molecule has 2 saturated heterocycles. The fourth-order valence-electron chi connectivity index (χ4n) is 4.96. The summed E-state index contributed by atoms with van der Waals surface area (Å²) in [5, 5.41) is 5.57. The number of carbonyl (C=O) groups excluding carboxylic acids is 1. The third kappa shape index (κ3) is 3.19. The van der Waals surface area contributed by atoms with E-state index in [0.717, 1.165) is 59.7 Å². The summed E-state index contributed by atoms with van der Waals surface area (Å²) in [5.74, 6) is 0.112. The number of pyridine rings is 1. The Morgan fingerprint density at radius 3 is 2.70 bits per heavy atom. The normalized spacial score (nSPS) is 19.4. The van der Waals surface area contributed by atoms with Gasteiger partial charge in [0.05, 0.1) is 22.3 Å². The van der Waals surface area contributed by atoms with Gasteiger partial charge in [-0.15, -0.1) is 0 Å². The van der Waals surface area contributed by atoms with Crippen molar-refractivity contribution in [3.63, 3.8) is 0 Å². The van der Waals surface area contributed by atoms with E-state index in [2.05, 4.69) is 48.1 Å². The lowest BCUT2D eigenvalue weighted by Gasteiger charge is -2.37. The lowest BCUT2D eigenvalue weighted by atomic mass is 10.0. The first-order valence-electron chi connectivity index (χ1n) is 11.0. The van der Waals surface area contributed by atoms with E-state index in [0.29, 0.717) is 6.04 Å². The van der Waals surface area contributed by atoms with Gasteiger partial charge >= 0.3 is 0 Å². The standard InChI is InChI=1S/C24H29N5O/c1-4-29-23-22(17(3)26-29)20(14-21(25-23)18-9-7-16(2)8-10-18)24(30)28-13-12-27-11-5-6-19(27)15-28/h7-10,14,19H,4-6,11-13,15H2,1-3H3/t19-/m0/s1. The van der Waals surface area contributed by atoms with Crippen molar-refractivity contribution < 1.29 is 4.79 Å². The SMILES string of the molecule is CCn1nc(C)c2c(C(=O)N3CCN4CCC[C@H]4C3)cc(-c3ccc(C)cc3)nc21. The zero-order valence-electron chi connectivity index (χ0n) is 18.1. The largest absolute Gasteiger partial charge is 0.336 e. The Balaban J connectivity index is 1.61. The van der Waals surface area contributed by atoms with E-state index in [1.807, 2.05) is 22.6 Å². The van der Waals surface area contributed by atoms with Gasteiger partial charge in [-0.1, -0.05) is 29.8 Å². The summed E-state index contributed by atoms with van der Waals surface area (Å²) in [4.78, 5) is 23.2. The third-order valence-electron chi connectivity index (χ3n) is 6.63. The highest BCUT2D eigenvalue weighted by Gasteiger charge is 2.34. The first kappa shape index (κ1) is 19.2. The van der Waals surface area contributed by atoms with Gasteiger partial charge in [0.15, 0.2) is 5.65 Å². The van der Waals surface area contributed by atoms with Crippen molar-refractivity contribution in [2.75, 3.05) is 26.2 Å². The van der Waals surface area contributed by atoms with Crippen LogP contribution in [0.25, 0.3) is 22.3 Å². The molecule has 0 saturated carbocycles. The molecule has 1 amide bonds. The summed E-state index contributed by atoms with van der Waals surface area (Å²) in [7, 11) is 0. The maximum Gasteiger partial charge on any atom is 0.254 e. The molecule has 0 radical (unpaired) electrons. The highest BCUT2D eigenvalue weighted by atomic mass is 16.2. The zero-order chi connectivity index (χ0) is 20.8. The van der Waals surface area contributed by atoms with Crippen molar-refractivity contribution in [3.05, 3.63) is 47.2 Å². The summed E-state index contributed by atoms with van der Waals surface area (Å²) in [6.07, 6.45) is 2.43. The maximum absolute atomic E-state index is 13.7. The van der Waals surface area contributed by atoms with Crippen molar-refractivity contribution in [3.8, 4) is 11.3 Å². The highest BCUT2D eigenvalue weighted by Crippen LogP contribution is 2.30. The van der Waals surface area contributed by atoms with E-state index >= 15 is 0 Å². The van der Waals surface area contributed by atoms with Crippen molar-refractivity contribution >= 4 is 16.9 Å². The van der Waals surface area contributed by atoms with Gasteiger partial charge < -0.3 is 4.90 Å². The van der Waals surface area contributed by atoms with Gasteiger partial charge in [0, 0.05) is 37.8 Å². The molecule has 4 heterocycles. The van der Waals surface area contributed by atoms with Crippen LogP contribution in [-0.4, -0.2) is 62.7 Å². The Kier molecular flexibility index (Phi) is 4.82. The Labute approximate surface area is 177 Å². The van der Waals surface area contributed by atoms with E-state index in [1.54, 1.807) is 0 Å². The van der Waals surface area contributed by atoms with Gasteiger partial charge in [-0.25, -0.2) is 9.67 Å². The van der Waals surface area contributed by atoms with Gasteiger partial charge in [-0.2, -0.15) is 5.10 Å². The van der Waals surface area contributed by atoms with Crippen LogP contribution in [0.5, 0.6) is 0 Å². The average molecular weight is 404 g/mol. The van der Waals surface area contributed by atoms with E-state index in [-0.39, 0.29) is 5.91 Å². The Hall–Kier alpha value is -2.73. The molecule has 156 valence electrons. The fraction of sp³-hybridized carbons (Fsp3) is 0.458. The van der Waals surface area contributed by atoms with Crippen LogP contribution in [0.15, 0.2) is 30.3 Å². The Morgan fingerprint density at radius 2 is 1.93 bits per heavy atom. The number of aryl methyl sites for hydroxylation is 3. The molecule has 2 aromatic heterocycles. The van der Waals surface area contributed by atoms with Crippen LogP contribution in [0, 0.1) is 13.8 Å². The molecule has 1 aromatic carbocycles. The van der Waals surface area contributed by atoms with Gasteiger partial charge in [0.1, 0.15) is 0 Å². The zero-order valence-corrected chi connectivity index (χ0v) is 18.1. The quantitative estimate of drug-likeness (QED) is 0.670. The first-order valence-corrected chi connectivity index (χ1v) is 11.0. The molecule has 0 spiro atoms. The molecule has 1 atom stereocenters. The maximum atomic E-state index is 13.7. The van der Waals surface area contributed by atoms with Crippen molar-refractivity contribution in [1.82, 2.24) is 24.6 Å². The second-order valence-electron chi connectivity index (χ2n) is 8.60. The van der Waals surface area contributed by atoms with Crippen molar-refractivity contribution in [2.24, 2.45) is 0 Å². The van der Waals surface area contributed by atoms with Crippen LogP contribution in [-0.2, 0) is 6.54 Å². The smallest absolute Gasteiger partial charge is 0.254 e.